The Bertz CT molecular complexity index is 908. The van der Waals surface area contributed by atoms with Crippen LogP contribution in [-0.2, 0) is 14.3 Å². The summed E-state index contributed by atoms with van der Waals surface area (Å²) >= 11 is 0. The van der Waals surface area contributed by atoms with Gasteiger partial charge in [0, 0.05) is 12.5 Å². The highest BCUT2D eigenvalue weighted by molar-refractivity contribution is 5.79. The average molecular weight is 396 g/mol. The van der Waals surface area contributed by atoms with Crippen molar-refractivity contribution in [1.82, 2.24) is 10.4 Å². The van der Waals surface area contributed by atoms with Gasteiger partial charge in [0.05, 0.1) is 19.4 Å². The van der Waals surface area contributed by atoms with Crippen LogP contribution in [0, 0.1) is 0 Å². The van der Waals surface area contributed by atoms with Gasteiger partial charge in [-0.05, 0) is 48.9 Å². The second-order valence-electron chi connectivity index (χ2n) is 6.39. The zero-order valence-electron chi connectivity index (χ0n) is 16.7. The van der Waals surface area contributed by atoms with Gasteiger partial charge in [0.25, 0.3) is 0 Å². The van der Waals surface area contributed by atoms with E-state index in [1.54, 1.807) is 20.1 Å². The van der Waals surface area contributed by atoms with Crippen molar-refractivity contribution < 1.29 is 23.8 Å². The SMILES string of the molecule is CCOC(=O)COc1ccccc1[C@H]1C=C(c2ccc(OC)cc2)NN1C(C)=O. The maximum Gasteiger partial charge on any atom is 0.344 e. The van der Waals surface area contributed by atoms with Crippen molar-refractivity contribution in [3.8, 4) is 11.5 Å². The minimum Gasteiger partial charge on any atom is -0.497 e. The first-order valence-corrected chi connectivity index (χ1v) is 9.33. The van der Waals surface area contributed by atoms with Crippen molar-refractivity contribution in [2.24, 2.45) is 0 Å². The lowest BCUT2D eigenvalue weighted by Gasteiger charge is -2.25. The van der Waals surface area contributed by atoms with Crippen molar-refractivity contribution in [3.05, 3.63) is 65.7 Å². The zero-order valence-corrected chi connectivity index (χ0v) is 16.7. The van der Waals surface area contributed by atoms with Gasteiger partial charge < -0.3 is 14.2 Å². The summed E-state index contributed by atoms with van der Waals surface area (Å²) < 4.78 is 15.8. The van der Waals surface area contributed by atoms with Gasteiger partial charge in [-0.15, -0.1) is 0 Å². The molecular weight excluding hydrogens is 372 g/mol. The van der Waals surface area contributed by atoms with E-state index in [1.165, 1.54) is 11.9 Å². The van der Waals surface area contributed by atoms with E-state index in [1.807, 2.05) is 48.5 Å². The van der Waals surface area contributed by atoms with Crippen molar-refractivity contribution >= 4 is 17.6 Å². The van der Waals surface area contributed by atoms with E-state index in [4.69, 9.17) is 14.2 Å². The monoisotopic (exact) mass is 396 g/mol. The van der Waals surface area contributed by atoms with Gasteiger partial charge in [0.1, 0.15) is 17.5 Å². The molecule has 7 nitrogen and oxygen atoms in total. The molecule has 1 N–H and O–H groups in total. The summed E-state index contributed by atoms with van der Waals surface area (Å²) in [6.07, 6.45) is 1.95. The standard InChI is InChI=1S/C22H24N2O5/c1-4-28-22(26)14-29-21-8-6-5-7-18(21)20-13-19(23-24(20)15(2)25)16-9-11-17(27-3)12-10-16/h5-13,20,23H,4,14H2,1-3H3/t20-/m1/s1. The van der Waals surface area contributed by atoms with E-state index in [0.717, 1.165) is 22.6 Å². The van der Waals surface area contributed by atoms with E-state index in [-0.39, 0.29) is 18.6 Å². The molecule has 0 spiro atoms. The fraction of sp³-hybridized carbons (Fsp3) is 0.273. The number of carbonyl (C=O) groups excluding carboxylic acids is 2. The lowest BCUT2D eigenvalue weighted by molar-refractivity contribution is -0.145. The third-order valence-corrected chi connectivity index (χ3v) is 4.47. The van der Waals surface area contributed by atoms with E-state index >= 15 is 0 Å². The second kappa shape index (κ2) is 9.14. The largest absolute Gasteiger partial charge is 0.497 e. The molecule has 0 radical (unpaired) electrons. The number of amides is 1. The van der Waals surface area contributed by atoms with Gasteiger partial charge in [-0.1, -0.05) is 18.2 Å². The third kappa shape index (κ3) is 4.68. The summed E-state index contributed by atoms with van der Waals surface area (Å²) in [5.41, 5.74) is 5.65. The van der Waals surface area contributed by atoms with E-state index in [2.05, 4.69) is 5.43 Å². The predicted octanol–water partition coefficient (Wildman–Crippen LogP) is 3.09. The smallest absolute Gasteiger partial charge is 0.344 e. The number of carbonyl (C=O) groups is 2. The van der Waals surface area contributed by atoms with Crippen LogP contribution in [0.5, 0.6) is 11.5 Å². The number of hydrogen-bond donors (Lipinski definition) is 1. The molecule has 0 aliphatic carbocycles. The van der Waals surface area contributed by atoms with Crippen LogP contribution in [0.15, 0.2) is 54.6 Å². The van der Waals surface area contributed by atoms with Gasteiger partial charge in [0.15, 0.2) is 6.61 Å². The molecule has 1 aliphatic heterocycles. The summed E-state index contributed by atoms with van der Waals surface area (Å²) in [5.74, 6) is 0.690. The molecule has 0 saturated carbocycles. The van der Waals surface area contributed by atoms with Gasteiger partial charge in [-0.2, -0.15) is 0 Å². The second-order valence-corrected chi connectivity index (χ2v) is 6.39. The number of methoxy groups -OCH3 is 1. The number of para-hydroxylation sites is 1. The first-order valence-electron chi connectivity index (χ1n) is 9.33. The number of esters is 1. The fourth-order valence-corrected chi connectivity index (χ4v) is 3.10. The molecule has 3 rings (SSSR count). The highest BCUT2D eigenvalue weighted by Gasteiger charge is 2.30. The zero-order chi connectivity index (χ0) is 20.8. The van der Waals surface area contributed by atoms with E-state index in [9.17, 15) is 9.59 Å². The lowest BCUT2D eigenvalue weighted by atomic mass is 10.0. The Morgan fingerprint density at radius 3 is 2.48 bits per heavy atom. The number of nitrogens with zero attached hydrogens (tertiary/aromatic N) is 1. The number of rotatable bonds is 7. The molecule has 1 amide bonds. The maximum absolute atomic E-state index is 12.3. The van der Waals surface area contributed by atoms with Crippen molar-refractivity contribution in [2.45, 2.75) is 19.9 Å². The maximum atomic E-state index is 12.3. The van der Waals surface area contributed by atoms with Crippen LogP contribution in [0.4, 0.5) is 0 Å². The van der Waals surface area contributed by atoms with Crippen LogP contribution in [0.1, 0.15) is 31.0 Å². The third-order valence-electron chi connectivity index (χ3n) is 4.47. The molecule has 2 aromatic rings. The Hall–Kier alpha value is -3.48. The summed E-state index contributed by atoms with van der Waals surface area (Å²) in [7, 11) is 1.61. The first-order chi connectivity index (χ1) is 14.0. The summed E-state index contributed by atoms with van der Waals surface area (Å²) in [5, 5.41) is 1.53. The van der Waals surface area contributed by atoms with Gasteiger partial charge in [-0.3, -0.25) is 10.2 Å². The van der Waals surface area contributed by atoms with Crippen LogP contribution >= 0.6 is 0 Å². The fourth-order valence-electron chi connectivity index (χ4n) is 3.10. The molecule has 1 atom stereocenters. The van der Waals surface area contributed by atoms with Crippen molar-refractivity contribution in [1.29, 1.82) is 0 Å². The molecule has 1 heterocycles. The molecule has 0 saturated heterocycles. The van der Waals surface area contributed by atoms with Gasteiger partial charge in [0.2, 0.25) is 5.91 Å². The van der Waals surface area contributed by atoms with E-state index < -0.39 is 5.97 Å². The molecule has 0 bridgehead atoms. The molecule has 0 fully saturated rings. The Morgan fingerprint density at radius 2 is 1.83 bits per heavy atom. The summed E-state index contributed by atoms with van der Waals surface area (Å²) in [4.78, 5) is 23.9. The Balaban J connectivity index is 1.89. The normalized spacial score (nSPS) is 15.3. The molecule has 7 heteroatoms. The minimum atomic E-state index is -0.440. The van der Waals surface area contributed by atoms with Crippen molar-refractivity contribution in [3.63, 3.8) is 0 Å². The van der Waals surface area contributed by atoms with Crippen LogP contribution in [0.2, 0.25) is 0 Å². The minimum absolute atomic E-state index is 0.144. The molecule has 1 aliphatic rings. The van der Waals surface area contributed by atoms with Crippen molar-refractivity contribution in [2.75, 3.05) is 20.3 Å². The van der Waals surface area contributed by atoms with Crippen LogP contribution in [-0.4, -0.2) is 37.2 Å². The number of ether oxygens (including phenoxy) is 3. The Kier molecular flexibility index (Phi) is 6.39. The highest BCUT2D eigenvalue weighted by Crippen LogP contribution is 2.36. The molecule has 152 valence electrons. The topological polar surface area (TPSA) is 77.1 Å². The molecule has 0 unspecified atom stereocenters. The summed E-state index contributed by atoms with van der Waals surface area (Å²) in [6.45, 7) is 3.34. The molecule has 2 aromatic carbocycles. The van der Waals surface area contributed by atoms with Gasteiger partial charge in [-0.25, -0.2) is 9.80 Å². The quantitative estimate of drug-likeness (QED) is 0.725. The van der Waals surface area contributed by atoms with Crippen LogP contribution in [0.3, 0.4) is 0 Å². The first kappa shape index (κ1) is 20.3. The highest BCUT2D eigenvalue weighted by atomic mass is 16.6. The Labute approximate surface area is 169 Å². The summed E-state index contributed by atoms with van der Waals surface area (Å²) in [6, 6.07) is 14.5. The van der Waals surface area contributed by atoms with Gasteiger partial charge >= 0.3 is 5.97 Å². The molecule has 0 aromatic heterocycles. The van der Waals surface area contributed by atoms with E-state index in [0.29, 0.717) is 12.4 Å². The number of benzene rings is 2. The average Bonchev–Trinajstić information content (AvgIpc) is 3.18. The molecular formula is C22H24N2O5. The van der Waals surface area contributed by atoms with Crippen LogP contribution < -0.4 is 14.9 Å². The molecule has 29 heavy (non-hydrogen) atoms. The van der Waals surface area contributed by atoms with Crippen LogP contribution in [0.25, 0.3) is 5.70 Å². The number of hydrazine groups is 1. The number of hydrogen-bond acceptors (Lipinski definition) is 6. The number of nitrogens with one attached hydrogen (secondary N) is 1. The predicted molar refractivity (Wildman–Crippen MR) is 108 cm³/mol. The lowest BCUT2D eigenvalue weighted by Crippen LogP contribution is -2.38. The Morgan fingerprint density at radius 1 is 1.10 bits per heavy atom.